The van der Waals surface area contributed by atoms with Crippen LogP contribution in [0.1, 0.15) is 10.4 Å². The molecule has 2 aromatic rings. The SMILES string of the molecule is CN1C(=O)c2ccnc3c(N)ccc1c23. The van der Waals surface area contributed by atoms with Gasteiger partial charge >= 0.3 is 0 Å². The maximum atomic E-state index is 11.8. The fourth-order valence-electron chi connectivity index (χ4n) is 2.02. The highest BCUT2D eigenvalue weighted by molar-refractivity contribution is 6.25. The van der Waals surface area contributed by atoms with Gasteiger partial charge in [-0.3, -0.25) is 9.78 Å². The second-order valence-electron chi connectivity index (χ2n) is 3.62. The number of rotatable bonds is 0. The second-order valence-corrected chi connectivity index (χ2v) is 3.62. The van der Waals surface area contributed by atoms with Crippen LogP contribution in [-0.2, 0) is 0 Å². The summed E-state index contributed by atoms with van der Waals surface area (Å²) < 4.78 is 0. The third kappa shape index (κ3) is 0.857. The molecule has 0 bridgehead atoms. The van der Waals surface area contributed by atoms with Crippen molar-refractivity contribution in [2.24, 2.45) is 0 Å². The van der Waals surface area contributed by atoms with Gasteiger partial charge in [0.25, 0.3) is 5.91 Å². The lowest BCUT2D eigenvalue weighted by atomic mass is 10.1. The number of nitrogens with zero attached hydrogens (tertiary/aromatic N) is 2. The van der Waals surface area contributed by atoms with Crippen LogP contribution in [0.15, 0.2) is 24.4 Å². The van der Waals surface area contributed by atoms with E-state index >= 15 is 0 Å². The fourth-order valence-corrected chi connectivity index (χ4v) is 2.02. The van der Waals surface area contributed by atoms with Gasteiger partial charge in [0.1, 0.15) is 0 Å². The van der Waals surface area contributed by atoms with Gasteiger partial charge < -0.3 is 10.6 Å². The summed E-state index contributed by atoms with van der Waals surface area (Å²) in [7, 11) is 1.76. The normalized spacial score (nSPS) is 13.9. The van der Waals surface area contributed by atoms with Crippen molar-refractivity contribution in [1.29, 1.82) is 0 Å². The molecule has 0 saturated carbocycles. The standard InChI is InChI=1S/C11H9N3O/c1-14-8-3-2-7(12)10-9(8)6(11(14)15)4-5-13-10/h2-5H,12H2,1H3. The summed E-state index contributed by atoms with van der Waals surface area (Å²) in [4.78, 5) is 17.7. The van der Waals surface area contributed by atoms with Crippen LogP contribution < -0.4 is 10.6 Å². The van der Waals surface area contributed by atoms with Crippen molar-refractivity contribution >= 4 is 28.2 Å². The van der Waals surface area contributed by atoms with Crippen molar-refractivity contribution in [3.63, 3.8) is 0 Å². The van der Waals surface area contributed by atoms with Gasteiger partial charge in [-0.15, -0.1) is 0 Å². The Morgan fingerprint density at radius 1 is 1.33 bits per heavy atom. The molecule has 15 heavy (non-hydrogen) atoms. The molecule has 0 radical (unpaired) electrons. The Morgan fingerprint density at radius 3 is 2.93 bits per heavy atom. The van der Waals surface area contributed by atoms with Crippen molar-refractivity contribution < 1.29 is 4.79 Å². The van der Waals surface area contributed by atoms with E-state index in [1.807, 2.05) is 6.07 Å². The van der Waals surface area contributed by atoms with E-state index in [-0.39, 0.29) is 5.91 Å². The molecule has 4 heteroatoms. The van der Waals surface area contributed by atoms with Crippen LogP contribution in [0, 0.1) is 0 Å². The Hall–Kier alpha value is -2.10. The Labute approximate surface area is 86.3 Å². The van der Waals surface area contributed by atoms with Gasteiger partial charge in [0.05, 0.1) is 22.5 Å². The Kier molecular flexibility index (Phi) is 1.36. The molecule has 74 valence electrons. The van der Waals surface area contributed by atoms with E-state index < -0.39 is 0 Å². The van der Waals surface area contributed by atoms with E-state index in [2.05, 4.69) is 4.98 Å². The van der Waals surface area contributed by atoms with Gasteiger partial charge in [0.15, 0.2) is 0 Å². The zero-order chi connectivity index (χ0) is 10.6. The van der Waals surface area contributed by atoms with Crippen molar-refractivity contribution in [3.05, 3.63) is 30.0 Å². The minimum atomic E-state index is 0.00278. The van der Waals surface area contributed by atoms with E-state index in [1.54, 1.807) is 30.3 Å². The van der Waals surface area contributed by atoms with Crippen LogP contribution in [0.2, 0.25) is 0 Å². The van der Waals surface area contributed by atoms with E-state index in [4.69, 9.17) is 5.73 Å². The Bertz CT molecular complexity index is 592. The predicted octanol–water partition coefficient (Wildman–Crippen LogP) is 1.41. The minimum Gasteiger partial charge on any atom is -0.397 e. The number of aromatic nitrogens is 1. The Balaban J connectivity index is 2.56. The monoisotopic (exact) mass is 199 g/mol. The summed E-state index contributed by atoms with van der Waals surface area (Å²) in [5, 5.41) is 0.866. The lowest BCUT2D eigenvalue weighted by molar-refractivity contribution is 0.0999. The van der Waals surface area contributed by atoms with Crippen molar-refractivity contribution in [2.75, 3.05) is 17.7 Å². The molecule has 1 aliphatic heterocycles. The summed E-state index contributed by atoms with van der Waals surface area (Å²) in [5.74, 6) is 0.00278. The van der Waals surface area contributed by atoms with Gasteiger partial charge in [0, 0.05) is 18.6 Å². The first-order valence-electron chi connectivity index (χ1n) is 4.65. The number of hydrogen-bond donors (Lipinski definition) is 1. The van der Waals surface area contributed by atoms with Crippen LogP contribution in [0.3, 0.4) is 0 Å². The van der Waals surface area contributed by atoms with Crippen LogP contribution in [0.4, 0.5) is 11.4 Å². The van der Waals surface area contributed by atoms with Crippen molar-refractivity contribution in [1.82, 2.24) is 4.98 Å². The summed E-state index contributed by atoms with van der Waals surface area (Å²) in [5.41, 5.74) is 8.71. The molecule has 4 nitrogen and oxygen atoms in total. The number of nitrogen functional groups attached to an aromatic ring is 1. The highest BCUT2D eigenvalue weighted by Gasteiger charge is 2.27. The maximum absolute atomic E-state index is 11.8. The molecule has 3 rings (SSSR count). The number of benzene rings is 1. The molecule has 1 amide bonds. The topological polar surface area (TPSA) is 59.2 Å². The smallest absolute Gasteiger partial charge is 0.258 e. The van der Waals surface area contributed by atoms with Gasteiger partial charge in [-0.25, -0.2) is 0 Å². The van der Waals surface area contributed by atoms with E-state index in [1.165, 1.54) is 0 Å². The molecule has 2 N–H and O–H groups in total. The average molecular weight is 199 g/mol. The zero-order valence-corrected chi connectivity index (χ0v) is 8.19. The Morgan fingerprint density at radius 2 is 2.13 bits per heavy atom. The number of nitrogens with two attached hydrogens (primary N) is 1. The summed E-state index contributed by atoms with van der Waals surface area (Å²) in [6.07, 6.45) is 1.62. The molecule has 0 unspecified atom stereocenters. The molecule has 1 aromatic heterocycles. The number of hydrogen-bond acceptors (Lipinski definition) is 3. The molecular formula is C11H9N3O. The predicted molar refractivity (Wildman–Crippen MR) is 58.9 cm³/mol. The minimum absolute atomic E-state index is 0.00278. The van der Waals surface area contributed by atoms with Crippen LogP contribution >= 0.6 is 0 Å². The van der Waals surface area contributed by atoms with E-state index in [9.17, 15) is 4.79 Å². The molecule has 0 fully saturated rings. The molecule has 1 aromatic carbocycles. The lowest BCUT2D eigenvalue weighted by Crippen LogP contribution is -2.20. The van der Waals surface area contributed by atoms with E-state index in [0.29, 0.717) is 16.8 Å². The number of pyridine rings is 1. The summed E-state index contributed by atoms with van der Waals surface area (Å²) >= 11 is 0. The molecule has 0 spiro atoms. The number of amides is 1. The zero-order valence-electron chi connectivity index (χ0n) is 8.19. The highest BCUT2D eigenvalue weighted by Crippen LogP contribution is 2.37. The number of carbonyl (C=O) groups excluding carboxylic acids is 1. The third-order valence-electron chi connectivity index (χ3n) is 2.80. The molecule has 0 aliphatic carbocycles. The first kappa shape index (κ1) is 8.23. The van der Waals surface area contributed by atoms with Crippen LogP contribution in [0.5, 0.6) is 0 Å². The molecule has 0 atom stereocenters. The first-order valence-corrected chi connectivity index (χ1v) is 4.65. The van der Waals surface area contributed by atoms with Crippen molar-refractivity contribution in [2.45, 2.75) is 0 Å². The molecule has 1 aliphatic rings. The number of anilines is 2. The van der Waals surface area contributed by atoms with Gasteiger partial charge in [0.2, 0.25) is 0 Å². The van der Waals surface area contributed by atoms with Gasteiger partial charge in [-0.05, 0) is 18.2 Å². The highest BCUT2D eigenvalue weighted by atomic mass is 16.2. The summed E-state index contributed by atoms with van der Waals surface area (Å²) in [6, 6.07) is 5.37. The van der Waals surface area contributed by atoms with Crippen molar-refractivity contribution in [3.8, 4) is 0 Å². The van der Waals surface area contributed by atoms with Crippen LogP contribution in [0.25, 0.3) is 10.9 Å². The van der Waals surface area contributed by atoms with Gasteiger partial charge in [-0.1, -0.05) is 0 Å². The van der Waals surface area contributed by atoms with Gasteiger partial charge in [-0.2, -0.15) is 0 Å². The lowest BCUT2D eigenvalue weighted by Gasteiger charge is -2.09. The average Bonchev–Trinajstić information content (AvgIpc) is 2.50. The maximum Gasteiger partial charge on any atom is 0.258 e. The third-order valence-corrected chi connectivity index (χ3v) is 2.80. The fraction of sp³-hybridized carbons (Fsp3) is 0.0909. The molecular weight excluding hydrogens is 190 g/mol. The summed E-state index contributed by atoms with van der Waals surface area (Å²) in [6.45, 7) is 0. The van der Waals surface area contributed by atoms with Crippen LogP contribution in [-0.4, -0.2) is 17.9 Å². The first-order chi connectivity index (χ1) is 7.20. The van der Waals surface area contributed by atoms with E-state index in [0.717, 1.165) is 11.1 Å². The molecule has 2 heterocycles. The number of carbonyl (C=O) groups is 1. The molecule has 0 saturated heterocycles. The largest absolute Gasteiger partial charge is 0.397 e. The quantitative estimate of drug-likeness (QED) is 0.652. The second kappa shape index (κ2) is 2.48.